The van der Waals surface area contributed by atoms with Crippen molar-refractivity contribution < 1.29 is 19.7 Å². The molecule has 1 aromatic carbocycles. The quantitative estimate of drug-likeness (QED) is 0.610. The molecule has 0 amide bonds. The third-order valence-electron chi connectivity index (χ3n) is 7.57. The Bertz CT molecular complexity index is 1190. The summed E-state index contributed by atoms with van der Waals surface area (Å²) in [5.74, 6) is 0.0648. The van der Waals surface area contributed by atoms with Crippen molar-refractivity contribution in [3.05, 3.63) is 77.2 Å². The van der Waals surface area contributed by atoms with Gasteiger partial charge in [-0.15, -0.1) is 0 Å². The summed E-state index contributed by atoms with van der Waals surface area (Å²) in [6.07, 6.45) is 6.74. The van der Waals surface area contributed by atoms with E-state index in [2.05, 4.69) is 16.4 Å². The van der Waals surface area contributed by atoms with Gasteiger partial charge in [0, 0.05) is 24.0 Å². The van der Waals surface area contributed by atoms with Crippen molar-refractivity contribution in [1.29, 1.82) is 5.26 Å². The number of rotatable bonds is 6. The van der Waals surface area contributed by atoms with Crippen molar-refractivity contribution in [1.82, 2.24) is 10.3 Å². The van der Waals surface area contributed by atoms with Crippen LogP contribution in [0.25, 0.3) is 0 Å². The summed E-state index contributed by atoms with van der Waals surface area (Å²) in [4.78, 5) is 4.25. The highest BCUT2D eigenvalue weighted by atomic mass is 16.5. The number of fused-ring (bicyclic) bond motifs is 3. The van der Waals surface area contributed by atoms with E-state index in [0.29, 0.717) is 42.0 Å². The molecule has 0 bridgehead atoms. The number of ether oxygens (including phenoxy) is 2. The van der Waals surface area contributed by atoms with Gasteiger partial charge in [0.25, 0.3) is 0 Å². The van der Waals surface area contributed by atoms with Crippen LogP contribution >= 0.6 is 0 Å². The van der Waals surface area contributed by atoms with Crippen LogP contribution in [-0.2, 0) is 5.60 Å². The normalized spacial score (nSPS) is 31.6. The van der Waals surface area contributed by atoms with Crippen molar-refractivity contribution in [2.75, 3.05) is 20.2 Å². The average Bonchev–Trinajstić information content (AvgIpc) is 3.26. The molecule has 1 saturated carbocycles. The first-order valence-electron chi connectivity index (χ1n) is 11.7. The number of nitriles is 1. The van der Waals surface area contributed by atoms with Gasteiger partial charge in [-0.25, -0.2) is 0 Å². The molecule has 2 heterocycles. The lowest BCUT2D eigenvalue weighted by atomic mass is 9.68. The number of nitrogens with zero attached hydrogens (tertiary/aromatic N) is 2. The molecule has 3 N–H and O–H groups in total. The Morgan fingerprint density at radius 3 is 2.68 bits per heavy atom. The number of hydrogen-bond donors (Lipinski definition) is 3. The van der Waals surface area contributed by atoms with Gasteiger partial charge in [-0.2, -0.15) is 5.26 Å². The molecule has 2 aliphatic carbocycles. The monoisotopic (exact) mass is 459 g/mol. The van der Waals surface area contributed by atoms with E-state index in [9.17, 15) is 15.5 Å². The molecule has 1 aliphatic heterocycles. The summed E-state index contributed by atoms with van der Waals surface area (Å²) in [6, 6.07) is 12.1. The Labute approximate surface area is 199 Å². The van der Waals surface area contributed by atoms with Crippen LogP contribution in [0.15, 0.2) is 66.0 Å². The smallest absolute Gasteiger partial charge is 0.173 e. The molecule has 34 heavy (non-hydrogen) atoms. The average molecular weight is 460 g/mol. The maximum absolute atomic E-state index is 12.7. The number of benzene rings is 1. The Morgan fingerprint density at radius 1 is 1.24 bits per heavy atom. The number of aliphatic hydroxyl groups excluding tert-OH is 1. The van der Waals surface area contributed by atoms with Crippen LogP contribution < -0.4 is 14.8 Å². The van der Waals surface area contributed by atoms with Crippen molar-refractivity contribution in [3.8, 4) is 17.6 Å². The van der Waals surface area contributed by atoms with Crippen LogP contribution in [0.2, 0.25) is 0 Å². The molecule has 2 aromatic rings. The zero-order valence-corrected chi connectivity index (χ0v) is 19.4. The molecule has 7 heteroatoms. The van der Waals surface area contributed by atoms with Gasteiger partial charge in [0.05, 0.1) is 37.2 Å². The fraction of sp³-hybridized carbons (Fsp3) is 0.407. The maximum atomic E-state index is 12.7. The van der Waals surface area contributed by atoms with E-state index in [0.717, 1.165) is 17.7 Å². The number of aliphatic hydroxyl groups is 2. The molecule has 7 nitrogen and oxygen atoms in total. The van der Waals surface area contributed by atoms with Gasteiger partial charge in [0.1, 0.15) is 11.5 Å². The summed E-state index contributed by atoms with van der Waals surface area (Å²) in [5, 5.41) is 37.3. The molecule has 5 rings (SSSR count). The van der Waals surface area contributed by atoms with Crippen LogP contribution in [0.5, 0.6) is 11.5 Å². The van der Waals surface area contributed by atoms with E-state index in [1.807, 2.05) is 43.3 Å². The molecular weight excluding hydrogens is 430 g/mol. The highest BCUT2D eigenvalue weighted by Crippen LogP contribution is 2.68. The molecule has 0 spiro atoms. The lowest BCUT2D eigenvalue weighted by Crippen LogP contribution is -2.56. The molecular formula is C27H29N3O4. The SMILES string of the molecule is CCNC[C@@H]1C(c2ccccc2)C2(C3=CC=C(C#N)CC3)Oc3cncc(OC)c3[C@]2(O)[C@@H]1O. The van der Waals surface area contributed by atoms with Gasteiger partial charge < -0.3 is 25.0 Å². The van der Waals surface area contributed by atoms with Crippen molar-refractivity contribution in [3.63, 3.8) is 0 Å². The van der Waals surface area contributed by atoms with E-state index in [4.69, 9.17) is 9.47 Å². The lowest BCUT2D eigenvalue weighted by Gasteiger charge is -2.43. The molecule has 1 aromatic heterocycles. The zero-order chi connectivity index (χ0) is 23.9. The van der Waals surface area contributed by atoms with Gasteiger partial charge in [-0.1, -0.05) is 43.3 Å². The van der Waals surface area contributed by atoms with Crippen LogP contribution in [0.4, 0.5) is 0 Å². The maximum Gasteiger partial charge on any atom is 0.173 e. The molecule has 176 valence electrons. The number of methoxy groups -OCH3 is 1. The summed E-state index contributed by atoms with van der Waals surface area (Å²) in [6.45, 7) is 3.25. The predicted octanol–water partition coefficient (Wildman–Crippen LogP) is 2.96. The Hall–Kier alpha value is -3.18. The lowest BCUT2D eigenvalue weighted by molar-refractivity contribution is -0.133. The van der Waals surface area contributed by atoms with Crippen LogP contribution in [0.1, 0.15) is 36.8 Å². The zero-order valence-electron chi connectivity index (χ0n) is 19.4. The molecule has 0 saturated heterocycles. The standard InChI is InChI=1S/C27H29N3O4/c1-3-29-14-20-23(18-7-5-4-6-8-18)27(19-11-9-17(13-28)10-12-19)26(32,25(20)31)24-21(33-2)15-30-16-22(24)34-27/h4-9,11,15-16,20,23,25,29,31-32H,3,10,12,14H2,1-2H3/t20-,23?,25-,26+,27?/m1/s1. The first kappa shape index (κ1) is 22.6. The van der Waals surface area contributed by atoms with Gasteiger partial charge in [0.2, 0.25) is 0 Å². The second-order valence-corrected chi connectivity index (χ2v) is 9.12. The summed E-state index contributed by atoms with van der Waals surface area (Å²) in [5.41, 5.74) is -0.147. The number of pyridine rings is 1. The predicted molar refractivity (Wildman–Crippen MR) is 126 cm³/mol. The highest BCUT2D eigenvalue weighted by Gasteiger charge is 2.77. The molecule has 5 atom stereocenters. The first-order valence-corrected chi connectivity index (χ1v) is 11.7. The van der Waals surface area contributed by atoms with Gasteiger partial charge in [0.15, 0.2) is 11.2 Å². The van der Waals surface area contributed by atoms with Crippen molar-refractivity contribution in [2.24, 2.45) is 5.92 Å². The van der Waals surface area contributed by atoms with E-state index < -0.39 is 17.3 Å². The fourth-order valence-electron chi connectivity index (χ4n) is 6.16. The van der Waals surface area contributed by atoms with Crippen LogP contribution in [0, 0.1) is 17.2 Å². The van der Waals surface area contributed by atoms with Gasteiger partial charge in [-0.3, -0.25) is 4.98 Å². The van der Waals surface area contributed by atoms with E-state index in [-0.39, 0.29) is 11.8 Å². The molecule has 2 unspecified atom stereocenters. The summed E-state index contributed by atoms with van der Waals surface area (Å²) < 4.78 is 12.4. The Morgan fingerprint density at radius 2 is 2.03 bits per heavy atom. The minimum atomic E-state index is -1.78. The molecule has 3 aliphatic rings. The second-order valence-electron chi connectivity index (χ2n) is 9.12. The largest absolute Gasteiger partial charge is 0.495 e. The van der Waals surface area contributed by atoms with Gasteiger partial charge >= 0.3 is 0 Å². The molecule has 1 fully saturated rings. The highest BCUT2D eigenvalue weighted by molar-refractivity contribution is 5.61. The van der Waals surface area contributed by atoms with Crippen LogP contribution in [-0.4, -0.2) is 47.1 Å². The fourth-order valence-corrected chi connectivity index (χ4v) is 6.16. The minimum absolute atomic E-state index is 0.347. The van der Waals surface area contributed by atoms with Crippen LogP contribution in [0.3, 0.4) is 0 Å². The van der Waals surface area contributed by atoms with E-state index in [1.165, 1.54) is 7.11 Å². The topological polar surface area (TPSA) is 108 Å². The second kappa shape index (κ2) is 8.55. The molecule has 0 radical (unpaired) electrons. The Balaban J connectivity index is 1.81. The number of allylic oxidation sites excluding steroid dienone is 3. The van der Waals surface area contributed by atoms with Crippen molar-refractivity contribution in [2.45, 2.75) is 43.0 Å². The van der Waals surface area contributed by atoms with E-state index in [1.54, 1.807) is 18.5 Å². The Kier molecular flexibility index (Phi) is 5.68. The number of aromatic nitrogens is 1. The summed E-state index contributed by atoms with van der Waals surface area (Å²) in [7, 11) is 1.52. The third kappa shape index (κ3) is 2.96. The van der Waals surface area contributed by atoms with Crippen molar-refractivity contribution >= 4 is 0 Å². The number of hydrogen-bond acceptors (Lipinski definition) is 7. The van der Waals surface area contributed by atoms with E-state index >= 15 is 0 Å². The van der Waals surface area contributed by atoms with Gasteiger partial charge in [-0.05, 0) is 36.6 Å². The minimum Gasteiger partial charge on any atom is -0.495 e. The summed E-state index contributed by atoms with van der Waals surface area (Å²) >= 11 is 0. The third-order valence-corrected chi connectivity index (χ3v) is 7.57. The number of nitrogens with one attached hydrogen (secondary N) is 1. The first-order chi connectivity index (χ1) is 16.5.